The van der Waals surface area contributed by atoms with Gasteiger partial charge >= 0.3 is 0 Å². The highest BCUT2D eigenvalue weighted by atomic mass is 79.9. The monoisotopic (exact) mass is 462 g/mol. The molecule has 0 heterocycles. The first-order valence-corrected chi connectivity index (χ1v) is 11.3. The SMILES string of the molecule is CCCCNC(=O)[C@H](C)N(Cc1cccc(Br)c1)C(=O)CSc1ccccc1. The molecule has 0 spiro atoms. The van der Waals surface area contributed by atoms with Crippen LogP contribution in [0.1, 0.15) is 32.3 Å². The molecule has 0 saturated carbocycles. The van der Waals surface area contributed by atoms with Crippen LogP contribution in [0.2, 0.25) is 0 Å². The lowest BCUT2D eigenvalue weighted by Gasteiger charge is -2.29. The number of halogens is 1. The molecule has 2 aromatic rings. The van der Waals surface area contributed by atoms with Crippen molar-refractivity contribution in [3.8, 4) is 0 Å². The number of carbonyl (C=O) groups is 2. The molecule has 1 atom stereocenters. The maximum absolute atomic E-state index is 13.0. The maximum Gasteiger partial charge on any atom is 0.242 e. The minimum Gasteiger partial charge on any atom is -0.354 e. The number of carbonyl (C=O) groups excluding carboxylic acids is 2. The van der Waals surface area contributed by atoms with Crippen LogP contribution in [0.3, 0.4) is 0 Å². The number of benzene rings is 2. The fourth-order valence-corrected chi connectivity index (χ4v) is 3.95. The zero-order valence-electron chi connectivity index (χ0n) is 16.4. The van der Waals surface area contributed by atoms with Crippen LogP contribution in [0.4, 0.5) is 0 Å². The highest BCUT2D eigenvalue weighted by Gasteiger charge is 2.26. The summed E-state index contributed by atoms with van der Waals surface area (Å²) in [5.74, 6) is 0.137. The maximum atomic E-state index is 13.0. The van der Waals surface area contributed by atoms with E-state index in [0.29, 0.717) is 18.8 Å². The van der Waals surface area contributed by atoms with Gasteiger partial charge in [0.05, 0.1) is 5.75 Å². The summed E-state index contributed by atoms with van der Waals surface area (Å²) in [6.45, 7) is 4.91. The van der Waals surface area contributed by atoms with E-state index in [1.54, 1.807) is 11.8 Å². The summed E-state index contributed by atoms with van der Waals surface area (Å²) in [5.41, 5.74) is 0.987. The third-order valence-corrected chi connectivity index (χ3v) is 5.83. The molecule has 0 aliphatic heterocycles. The zero-order chi connectivity index (χ0) is 20.4. The molecule has 0 fully saturated rings. The van der Waals surface area contributed by atoms with Crippen molar-refractivity contribution in [1.29, 1.82) is 0 Å². The second-order valence-electron chi connectivity index (χ2n) is 6.57. The molecule has 2 amide bonds. The smallest absolute Gasteiger partial charge is 0.242 e. The van der Waals surface area contributed by atoms with E-state index >= 15 is 0 Å². The van der Waals surface area contributed by atoms with Gasteiger partial charge in [-0.3, -0.25) is 9.59 Å². The van der Waals surface area contributed by atoms with Gasteiger partial charge in [-0.1, -0.05) is 59.6 Å². The van der Waals surface area contributed by atoms with Crippen LogP contribution in [-0.4, -0.2) is 35.1 Å². The minimum atomic E-state index is -0.528. The van der Waals surface area contributed by atoms with Gasteiger partial charge in [0.1, 0.15) is 6.04 Å². The van der Waals surface area contributed by atoms with E-state index < -0.39 is 6.04 Å². The Labute approximate surface area is 180 Å². The van der Waals surface area contributed by atoms with E-state index in [2.05, 4.69) is 28.2 Å². The topological polar surface area (TPSA) is 49.4 Å². The summed E-state index contributed by atoms with van der Waals surface area (Å²) < 4.78 is 0.955. The van der Waals surface area contributed by atoms with Crippen molar-refractivity contribution in [2.75, 3.05) is 12.3 Å². The lowest BCUT2D eigenvalue weighted by Crippen LogP contribution is -2.48. The number of nitrogens with zero attached hydrogens (tertiary/aromatic N) is 1. The highest BCUT2D eigenvalue weighted by Crippen LogP contribution is 2.20. The van der Waals surface area contributed by atoms with Gasteiger partial charge in [-0.25, -0.2) is 0 Å². The molecule has 0 saturated heterocycles. The fourth-order valence-electron chi connectivity index (χ4n) is 2.70. The van der Waals surface area contributed by atoms with Gasteiger partial charge in [-0.15, -0.1) is 11.8 Å². The summed E-state index contributed by atoms with van der Waals surface area (Å²) in [4.78, 5) is 28.3. The van der Waals surface area contributed by atoms with Crippen LogP contribution in [0.5, 0.6) is 0 Å². The second kappa shape index (κ2) is 11.9. The Hall–Kier alpha value is -1.79. The molecule has 0 bridgehead atoms. The summed E-state index contributed by atoms with van der Waals surface area (Å²) in [5, 5.41) is 2.94. The molecule has 6 heteroatoms. The molecule has 0 radical (unpaired) electrons. The standard InChI is InChI=1S/C22H27BrN2O2S/c1-3-4-13-24-22(27)17(2)25(15-18-9-8-10-19(23)14-18)21(26)16-28-20-11-6-5-7-12-20/h5-12,14,17H,3-4,13,15-16H2,1-2H3,(H,24,27)/t17-/m0/s1. The molecular formula is C22H27BrN2O2S. The fraction of sp³-hybridized carbons (Fsp3) is 0.364. The van der Waals surface area contributed by atoms with Gasteiger partial charge in [0.2, 0.25) is 11.8 Å². The predicted molar refractivity (Wildman–Crippen MR) is 119 cm³/mol. The van der Waals surface area contributed by atoms with Gasteiger partial charge in [0.25, 0.3) is 0 Å². The van der Waals surface area contributed by atoms with E-state index in [0.717, 1.165) is 27.8 Å². The zero-order valence-corrected chi connectivity index (χ0v) is 18.8. The Morgan fingerprint density at radius 1 is 1.14 bits per heavy atom. The summed E-state index contributed by atoms with van der Waals surface area (Å²) in [6.07, 6.45) is 1.95. The van der Waals surface area contributed by atoms with Crippen molar-refractivity contribution < 1.29 is 9.59 Å². The highest BCUT2D eigenvalue weighted by molar-refractivity contribution is 9.10. The van der Waals surface area contributed by atoms with Crippen molar-refractivity contribution in [2.45, 2.75) is 44.2 Å². The van der Waals surface area contributed by atoms with Crippen LogP contribution in [0.25, 0.3) is 0 Å². The molecule has 2 rings (SSSR count). The van der Waals surface area contributed by atoms with Gasteiger partial charge in [-0.05, 0) is 43.2 Å². The van der Waals surface area contributed by atoms with E-state index in [9.17, 15) is 9.59 Å². The Kier molecular flexibility index (Phi) is 9.58. The quantitative estimate of drug-likeness (QED) is 0.404. The van der Waals surface area contributed by atoms with E-state index in [1.807, 2.05) is 54.6 Å². The molecule has 2 aromatic carbocycles. The predicted octanol–water partition coefficient (Wildman–Crippen LogP) is 4.87. The normalized spacial score (nSPS) is 11.7. The molecule has 0 aromatic heterocycles. The third kappa shape index (κ3) is 7.32. The first kappa shape index (κ1) is 22.5. The summed E-state index contributed by atoms with van der Waals surface area (Å²) in [7, 11) is 0. The molecule has 0 aliphatic rings. The van der Waals surface area contributed by atoms with Crippen LogP contribution < -0.4 is 5.32 Å². The number of unbranched alkanes of at least 4 members (excludes halogenated alkanes) is 1. The second-order valence-corrected chi connectivity index (χ2v) is 8.54. The molecule has 0 aliphatic carbocycles. The molecule has 1 N–H and O–H groups in total. The van der Waals surface area contributed by atoms with Crippen molar-refractivity contribution in [3.63, 3.8) is 0 Å². The molecule has 4 nitrogen and oxygen atoms in total. The Morgan fingerprint density at radius 2 is 1.89 bits per heavy atom. The van der Waals surface area contributed by atoms with Crippen molar-refractivity contribution in [2.24, 2.45) is 0 Å². The first-order chi connectivity index (χ1) is 13.5. The molecule has 150 valence electrons. The average Bonchev–Trinajstić information content (AvgIpc) is 2.70. The van der Waals surface area contributed by atoms with Gasteiger partial charge in [0.15, 0.2) is 0 Å². The van der Waals surface area contributed by atoms with Crippen LogP contribution in [0.15, 0.2) is 64.0 Å². The van der Waals surface area contributed by atoms with Crippen molar-refractivity contribution in [3.05, 3.63) is 64.6 Å². The van der Waals surface area contributed by atoms with E-state index in [1.165, 1.54) is 11.8 Å². The average molecular weight is 463 g/mol. The number of nitrogens with one attached hydrogen (secondary N) is 1. The Balaban J connectivity index is 2.09. The number of hydrogen-bond donors (Lipinski definition) is 1. The molecule has 28 heavy (non-hydrogen) atoms. The van der Waals surface area contributed by atoms with E-state index in [-0.39, 0.29) is 11.8 Å². The van der Waals surface area contributed by atoms with Gasteiger partial charge in [0, 0.05) is 22.5 Å². The first-order valence-electron chi connectivity index (χ1n) is 9.50. The molecular weight excluding hydrogens is 436 g/mol. The summed E-state index contributed by atoms with van der Waals surface area (Å²) in [6, 6.07) is 17.1. The van der Waals surface area contributed by atoms with E-state index in [4.69, 9.17) is 0 Å². The minimum absolute atomic E-state index is 0.0491. The van der Waals surface area contributed by atoms with Crippen LogP contribution >= 0.6 is 27.7 Å². The van der Waals surface area contributed by atoms with Crippen LogP contribution in [0, 0.1) is 0 Å². The molecule has 0 unspecified atom stereocenters. The number of amides is 2. The van der Waals surface area contributed by atoms with Crippen LogP contribution in [-0.2, 0) is 16.1 Å². The lowest BCUT2D eigenvalue weighted by molar-refractivity contribution is -0.138. The lowest BCUT2D eigenvalue weighted by atomic mass is 10.1. The van der Waals surface area contributed by atoms with Crippen molar-refractivity contribution >= 4 is 39.5 Å². The summed E-state index contributed by atoms with van der Waals surface area (Å²) >= 11 is 4.96. The largest absolute Gasteiger partial charge is 0.354 e. The number of thioether (sulfide) groups is 1. The number of rotatable bonds is 10. The number of hydrogen-bond acceptors (Lipinski definition) is 3. The van der Waals surface area contributed by atoms with Gasteiger partial charge in [-0.2, -0.15) is 0 Å². The Morgan fingerprint density at radius 3 is 2.57 bits per heavy atom. The third-order valence-electron chi connectivity index (χ3n) is 4.34. The van der Waals surface area contributed by atoms with Gasteiger partial charge < -0.3 is 10.2 Å². The van der Waals surface area contributed by atoms with Crippen molar-refractivity contribution in [1.82, 2.24) is 10.2 Å². The Bertz CT molecular complexity index is 770.